The van der Waals surface area contributed by atoms with E-state index in [1.54, 1.807) is 16.2 Å². The van der Waals surface area contributed by atoms with Crippen LogP contribution in [0.5, 0.6) is 0 Å². The van der Waals surface area contributed by atoms with Gasteiger partial charge in [0.15, 0.2) is 5.16 Å². The lowest BCUT2D eigenvalue weighted by Gasteiger charge is -2.17. The highest BCUT2D eigenvalue weighted by molar-refractivity contribution is 7.99. The largest absolute Gasteiger partial charge is 0.343 e. The molecule has 2 aromatic rings. The number of carbonyl (C=O) groups excluding carboxylic acids is 1. The lowest BCUT2D eigenvalue weighted by atomic mass is 10.2. The summed E-state index contributed by atoms with van der Waals surface area (Å²) in [4.78, 5) is 35.6. The maximum atomic E-state index is 12.3. The normalized spacial score (nSPS) is 13.5. The van der Waals surface area contributed by atoms with Crippen molar-refractivity contribution < 1.29 is 4.79 Å². The number of hydrogen-bond acceptors (Lipinski definition) is 5. The molecule has 2 aromatic heterocycles. The summed E-state index contributed by atoms with van der Waals surface area (Å²) < 4.78 is 0. The topological polar surface area (TPSA) is 66.1 Å². The Morgan fingerprint density at radius 3 is 2.86 bits per heavy atom. The van der Waals surface area contributed by atoms with Gasteiger partial charge in [-0.25, -0.2) is 4.98 Å². The second-order valence-corrected chi connectivity index (χ2v) is 7.31. The van der Waals surface area contributed by atoms with Gasteiger partial charge in [-0.15, -0.1) is 11.3 Å². The van der Waals surface area contributed by atoms with Crippen LogP contribution in [-0.2, 0) is 17.6 Å². The van der Waals surface area contributed by atoms with Crippen molar-refractivity contribution in [2.45, 2.75) is 38.3 Å². The Balaban J connectivity index is 1.81. The van der Waals surface area contributed by atoms with E-state index >= 15 is 0 Å². The van der Waals surface area contributed by atoms with Gasteiger partial charge < -0.3 is 9.88 Å². The quantitative estimate of drug-likeness (QED) is 0.672. The number of H-pyrrole nitrogens is 1. The summed E-state index contributed by atoms with van der Waals surface area (Å²) in [5, 5.41) is 1.30. The van der Waals surface area contributed by atoms with Gasteiger partial charge in [0.05, 0.1) is 11.1 Å². The fourth-order valence-electron chi connectivity index (χ4n) is 2.85. The molecule has 2 heterocycles. The minimum absolute atomic E-state index is 0.0674. The van der Waals surface area contributed by atoms with Crippen LogP contribution < -0.4 is 5.56 Å². The van der Waals surface area contributed by atoms with Crippen molar-refractivity contribution in [1.82, 2.24) is 14.9 Å². The number of amides is 1. The van der Waals surface area contributed by atoms with Crippen LogP contribution in [0.4, 0.5) is 0 Å². The highest BCUT2D eigenvalue weighted by Crippen LogP contribution is 2.35. The zero-order valence-electron chi connectivity index (χ0n) is 12.8. The minimum Gasteiger partial charge on any atom is -0.343 e. The van der Waals surface area contributed by atoms with Crippen LogP contribution in [0.25, 0.3) is 10.2 Å². The zero-order chi connectivity index (χ0) is 15.7. The SMILES string of the molecule is CCN(CC)C(=O)CSc1nc2sc3c(c2c(=O)[nH]1)CCC3. The van der Waals surface area contributed by atoms with E-state index < -0.39 is 0 Å². The molecule has 0 atom stereocenters. The Kier molecular flexibility index (Phi) is 4.54. The van der Waals surface area contributed by atoms with Gasteiger partial charge in [-0.3, -0.25) is 9.59 Å². The van der Waals surface area contributed by atoms with Gasteiger partial charge in [-0.05, 0) is 38.7 Å². The van der Waals surface area contributed by atoms with Crippen molar-refractivity contribution in [3.05, 3.63) is 20.8 Å². The molecule has 1 N–H and O–H groups in total. The number of aromatic amines is 1. The van der Waals surface area contributed by atoms with E-state index in [9.17, 15) is 9.59 Å². The van der Waals surface area contributed by atoms with E-state index in [0.717, 1.165) is 29.5 Å². The maximum absolute atomic E-state index is 12.3. The van der Waals surface area contributed by atoms with Gasteiger partial charge >= 0.3 is 0 Å². The fraction of sp³-hybridized carbons (Fsp3) is 0.533. The molecule has 118 valence electrons. The lowest BCUT2D eigenvalue weighted by Crippen LogP contribution is -2.32. The Labute approximate surface area is 137 Å². The van der Waals surface area contributed by atoms with E-state index in [4.69, 9.17) is 0 Å². The zero-order valence-corrected chi connectivity index (χ0v) is 14.4. The molecule has 0 unspecified atom stereocenters. The molecule has 0 aromatic carbocycles. The van der Waals surface area contributed by atoms with E-state index in [1.165, 1.54) is 22.2 Å². The summed E-state index contributed by atoms with van der Waals surface area (Å²) in [6.45, 7) is 5.34. The Morgan fingerprint density at radius 1 is 1.36 bits per heavy atom. The number of rotatable bonds is 5. The van der Waals surface area contributed by atoms with Gasteiger partial charge in [0.25, 0.3) is 5.56 Å². The van der Waals surface area contributed by atoms with Crippen molar-refractivity contribution in [3.8, 4) is 0 Å². The average Bonchev–Trinajstić information content (AvgIpc) is 3.06. The molecule has 5 nitrogen and oxygen atoms in total. The number of nitrogens with zero attached hydrogens (tertiary/aromatic N) is 2. The first-order valence-corrected chi connectivity index (χ1v) is 9.39. The van der Waals surface area contributed by atoms with Crippen molar-refractivity contribution >= 4 is 39.2 Å². The molecule has 0 fully saturated rings. The smallest absolute Gasteiger partial charge is 0.260 e. The first kappa shape index (κ1) is 15.6. The highest BCUT2D eigenvalue weighted by atomic mass is 32.2. The Hall–Kier alpha value is -1.34. The number of nitrogens with one attached hydrogen (secondary N) is 1. The highest BCUT2D eigenvalue weighted by Gasteiger charge is 2.21. The fourth-order valence-corrected chi connectivity index (χ4v) is 4.93. The van der Waals surface area contributed by atoms with Gasteiger partial charge in [0, 0.05) is 18.0 Å². The lowest BCUT2D eigenvalue weighted by molar-refractivity contribution is -0.127. The first-order chi connectivity index (χ1) is 10.6. The van der Waals surface area contributed by atoms with Crippen molar-refractivity contribution in [1.29, 1.82) is 0 Å². The van der Waals surface area contributed by atoms with Gasteiger partial charge in [0.1, 0.15) is 4.83 Å². The molecular formula is C15H19N3O2S2. The molecule has 0 saturated heterocycles. The second kappa shape index (κ2) is 6.42. The molecule has 3 rings (SSSR count). The van der Waals surface area contributed by atoms with E-state index in [2.05, 4.69) is 9.97 Å². The Morgan fingerprint density at radius 2 is 2.14 bits per heavy atom. The van der Waals surface area contributed by atoms with Crippen LogP contribution in [0.15, 0.2) is 9.95 Å². The average molecular weight is 337 g/mol. The summed E-state index contributed by atoms with van der Waals surface area (Å²) in [6.07, 6.45) is 3.16. The van der Waals surface area contributed by atoms with Crippen LogP contribution in [0, 0.1) is 0 Å². The minimum atomic E-state index is -0.0674. The van der Waals surface area contributed by atoms with Crippen molar-refractivity contribution in [3.63, 3.8) is 0 Å². The second-order valence-electron chi connectivity index (χ2n) is 5.26. The molecule has 0 saturated carbocycles. The number of thiophene rings is 1. The summed E-state index contributed by atoms with van der Waals surface area (Å²) in [5.74, 6) is 0.382. The van der Waals surface area contributed by atoms with Crippen LogP contribution in [0.2, 0.25) is 0 Å². The molecule has 0 aliphatic heterocycles. The monoisotopic (exact) mass is 337 g/mol. The number of aromatic nitrogens is 2. The predicted molar refractivity (Wildman–Crippen MR) is 90.9 cm³/mol. The predicted octanol–water partition coefficient (Wildman–Crippen LogP) is 2.43. The molecule has 0 spiro atoms. The third-order valence-electron chi connectivity index (χ3n) is 4.00. The molecule has 1 aliphatic rings. The van der Waals surface area contributed by atoms with E-state index in [-0.39, 0.29) is 11.5 Å². The maximum Gasteiger partial charge on any atom is 0.260 e. The van der Waals surface area contributed by atoms with E-state index in [1.807, 2.05) is 13.8 Å². The first-order valence-electron chi connectivity index (χ1n) is 7.59. The van der Waals surface area contributed by atoms with Crippen LogP contribution in [0.1, 0.15) is 30.7 Å². The summed E-state index contributed by atoms with van der Waals surface area (Å²) in [6, 6.07) is 0. The van der Waals surface area contributed by atoms with Crippen molar-refractivity contribution in [2.75, 3.05) is 18.8 Å². The van der Waals surface area contributed by atoms with Gasteiger partial charge in [0.2, 0.25) is 5.91 Å². The van der Waals surface area contributed by atoms with Gasteiger partial charge in [-0.2, -0.15) is 0 Å². The van der Waals surface area contributed by atoms with Crippen LogP contribution in [0.3, 0.4) is 0 Å². The summed E-state index contributed by atoms with van der Waals surface area (Å²) >= 11 is 2.93. The summed E-state index contributed by atoms with van der Waals surface area (Å²) in [5.41, 5.74) is 1.12. The molecule has 7 heteroatoms. The summed E-state index contributed by atoms with van der Waals surface area (Å²) in [7, 11) is 0. The van der Waals surface area contributed by atoms with Crippen LogP contribution in [-0.4, -0.2) is 39.6 Å². The van der Waals surface area contributed by atoms with Crippen molar-refractivity contribution in [2.24, 2.45) is 0 Å². The molecule has 1 amide bonds. The molecule has 22 heavy (non-hydrogen) atoms. The number of hydrogen-bond donors (Lipinski definition) is 1. The third-order valence-corrected chi connectivity index (χ3v) is 6.05. The van der Waals surface area contributed by atoms with E-state index in [0.29, 0.717) is 24.0 Å². The molecule has 1 aliphatic carbocycles. The third kappa shape index (κ3) is 2.79. The number of aryl methyl sites for hydroxylation is 2. The van der Waals surface area contributed by atoms with Crippen LogP contribution >= 0.6 is 23.1 Å². The molecule has 0 bridgehead atoms. The number of thioether (sulfide) groups is 1. The molecular weight excluding hydrogens is 318 g/mol. The van der Waals surface area contributed by atoms with Gasteiger partial charge in [-0.1, -0.05) is 11.8 Å². The standard InChI is InChI=1S/C15H19N3O2S2/c1-3-18(4-2)11(19)8-21-15-16-13(20)12-9-6-5-7-10(9)22-14(12)17-15/h3-8H2,1-2H3,(H,16,17,20). The number of fused-ring (bicyclic) bond motifs is 3. The Bertz CT molecular complexity index is 762. The number of carbonyl (C=O) groups is 1. The molecule has 0 radical (unpaired) electrons.